The van der Waals surface area contributed by atoms with Crippen molar-refractivity contribution in [2.75, 3.05) is 13.1 Å². The predicted molar refractivity (Wildman–Crippen MR) is 116 cm³/mol. The number of rotatable bonds is 7. The first-order valence-electron chi connectivity index (χ1n) is 11.0. The maximum Gasteiger partial charge on any atom is 0.328 e. The number of carboxylic acid groups (broad SMARTS) is 2. The number of carboxylic acids is 2. The molecule has 0 aromatic rings. The molecule has 0 saturated heterocycles. The molecule has 0 spiro atoms. The van der Waals surface area contributed by atoms with E-state index in [1.165, 1.54) is 63.5 Å². The Morgan fingerprint density at radius 3 is 1.62 bits per heavy atom. The molecule has 168 valence electrons. The highest BCUT2D eigenvalue weighted by Crippen LogP contribution is 2.16. The topological polar surface area (TPSA) is 99.4 Å². The van der Waals surface area contributed by atoms with Crippen molar-refractivity contribution in [3.63, 3.8) is 0 Å². The van der Waals surface area contributed by atoms with Crippen LogP contribution >= 0.6 is 0 Å². The van der Waals surface area contributed by atoms with Crippen molar-refractivity contribution in [2.24, 2.45) is 5.16 Å². The third kappa shape index (κ3) is 16.7. The Bertz CT molecular complexity index is 471. The molecule has 1 atom stereocenters. The molecule has 1 fully saturated rings. The van der Waals surface area contributed by atoms with Gasteiger partial charge in [-0.3, -0.25) is 4.90 Å². The highest BCUT2D eigenvalue weighted by Gasteiger charge is 2.11. The van der Waals surface area contributed by atoms with Crippen molar-refractivity contribution in [2.45, 2.75) is 97.6 Å². The third-order valence-corrected chi connectivity index (χ3v) is 4.96. The largest absolute Gasteiger partial charge is 0.478 e. The average Bonchev–Trinajstić information content (AvgIpc) is 2.67. The first-order valence-corrected chi connectivity index (χ1v) is 11.0. The Morgan fingerprint density at radius 2 is 1.28 bits per heavy atom. The number of aliphatic carboxylic acids is 2. The van der Waals surface area contributed by atoms with Gasteiger partial charge < -0.3 is 15.1 Å². The van der Waals surface area contributed by atoms with Crippen LogP contribution in [0.3, 0.4) is 0 Å². The molecule has 0 heterocycles. The summed E-state index contributed by atoms with van der Waals surface area (Å²) in [7, 11) is 0. The molecule has 1 aliphatic rings. The van der Waals surface area contributed by atoms with Gasteiger partial charge in [-0.25, -0.2) is 9.59 Å². The van der Waals surface area contributed by atoms with Gasteiger partial charge in [0, 0.05) is 12.2 Å². The average molecular weight is 413 g/mol. The first-order chi connectivity index (χ1) is 13.9. The zero-order valence-electron chi connectivity index (χ0n) is 18.4. The zero-order chi connectivity index (χ0) is 21.9. The van der Waals surface area contributed by atoms with Gasteiger partial charge in [-0.2, -0.15) is 0 Å². The highest BCUT2D eigenvalue weighted by molar-refractivity contribution is 5.89. The second-order valence-electron chi connectivity index (χ2n) is 7.28. The minimum absolute atomic E-state index is 0.0916. The van der Waals surface area contributed by atoms with E-state index >= 15 is 0 Å². The maximum absolute atomic E-state index is 9.55. The first kappa shape index (κ1) is 27.1. The molecule has 1 aliphatic carbocycles. The van der Waals surface area contributed by atoms with Crippen LogP contribution in [0.25, 0.3) is 0 Å². The Labute approximate surface area is 175 Å². The van der Waals surface area contributed by atoms with Gasteiger partial charge >= 0.3 is 11.9 Å². The van der Waals surface area contributed by atoms with E-state index < -0.39 is 11.9 Å². The van der Waals surface area contributed by atoms with Crippen LogP contribution < -0.4 is 0 Å². The molecule has 29 heavy (non-hydrogen) atoms. The van der Waals surface area contributed by atoms with Gasteiger partial charge in [0.1, 0.15) is 0 Å². The molecule has 1 saturated carbocycles. The molecule has 7 nitrogen and oxygen atoms in total. The standard InChI is InChI=1S/C18H36N2O.C4H4O4/c1-4-20(5-2)17(3)21-19-18-15-13-11-9-7-6-8-10-12-14-16-18;5-3(6)1-2-4(7)8/h17H,4-16H2,1-3H3;1-2H,(H,5,6)(H,7,8)/b;2-1+. The molecule has 7 heteroatoms. The summed E-state index contributed by atoms with van der Waals surface area (Å²) in [6.45, 7) is 8.48. The van der Waals surface area contributed by atoms with E-state index in [0.717, 1.165) is 25.9 Å². The Hall–Kier alpha value is -1.89. The number of nitrogens with zero attached hydrogens (tertiary/aromatic N) is 2. The second-order valence-corrected chi connectivity index (χ2v) is 7.28. The van der Waals surface area contributed by atoms with Crippen molar-refractivity contribution < 1.29 is 24.6 Å². The maximum atomic E-state index is 9.55. The molecular weight excluding hydrogens is 372 g/mol. The number of carbonyl (C=O) groups is 2. The second kappa shape index (κ2) is 18.2. The lowest BCUT2D eigenvalue weighted by Gasteiger charge is -2.24. The van der Waals surface area contributed by atoms with Gasteiger partial charge in [0.2, 0.25) is 0 Å². The quantitative estimate of drug-likeness (QED) is 0.344. The minimum atomic E-state index is -1.26. The smallest absolute Gasteiger partial charge is 0.328 e. The van der Waals surface area contributed by atoms with E-state index in [0.29, 0.717) is 12.2 Å². The number of hydrogen-bond donors (Lipinski definition) is 2. The van der Waals surface area contributed by atoms with Crippen molar-refractivity contribution in [3.05, 3.63) is 12.2 Å². The fourth-order valence-electron chi connectivity index (χ4n) is 3.21. The van der Waals surface area contributed by atoms with Gasteiger partial charge in [0.25, 0.3) is 0 Å². The molecular formula is C22H40N2O5. The summed E-state index contributed by atoms with van der Waals surface area (Å²) in [6, 6.07) is 0. The lowest BCUT2D eigenvalue weighted by atomic mass is 10.00. The van der Waals surface area contributed by atoms with E-state index in [2.05, 4.69) is 30.8 Å². The van der Waals surface area contributed by atoms with Crippen LogP contribution in [0.4, 0.5) is 0 Å². The third-order valence-electron chi connectivity index (χ3n) is 4.96. The summed E-state index contributed by atoms with van der Waals surface area (Å²) >= 11 is 0. The van der Waals surface area contributed by atoms with E-state index in [9.17, 15) is 9.59 Å². The van der Waals surface area contributed by atoms with Crippen LogP contribution in [0.2, 0.25) is 0 Å². The Kier molecular flexibility index (Phi) is 17.0. The zero-order valence-corrected chi connectivity index (χ0v) is 18.4. The molecule has 0 aromatic heterocycles. The van der Waals surface area contributed by atoms with E-state index in [1.807, 2.05) is 0 Å². The summed E-state index contributed by atoms with van der Waals surface area (Å²) in [4.78, 5) is 27.2. The van der Waals surface area contributed by atoms with Crippen LogP contribution in [-0.4, -0.2) is 52.1 Å². The molecule has 2 N–H and O–H groups in total. The number of oxime groups is 1. The SMILES string of the molecule is CCN(CC)C(C)ON=C1CCCCCCCCCCC1.O=C(O)/C=C/C(=O)O. The van der Waals surface area contributed by atoms with E-state index in [4.69, 9.17) is 15.1 Å². The van der Waals surface area contributed by atoms with Crippen LogP contribution in [0.1, 0.15) is 91.4 Å². The molecule has 0 aliphatic heterocycles. The monoisotopic (exact) mass is 412 g/mol. The summed E-state index contributed by atoms with van der Waals surface area (Å²) in [5.41, 5.74) is 1.29. The lowest BCUT2D eigenvalue weighted by Crippen LogP contribution is -2.33. The van der Waals surface area contributed by atoms with Crippen LogP contribution in [0, 0.1) is 0 Å². The Balaban J connectivity index is 0.000000828. The van der Waals surface area contributed by atoms with E-state index in [-0.39, 0.29) is 6.23 Å². The molecule has 0 radical (unpaired) electrons. The molecule has 0 aromatic carbocycles. The number of hydrogen-bond acceptors (Lipinski definition) is 5. The highest BCUT2D eigenvalue weighted by atomic mass is 16.6. The van der Waals surface area contributed by atoms with Crippen molar-refractivity contribution in [3.8, 4) is 0 Å². The summed E-state index contributed by atoms with van der Waals surface area (Å²) in [6.07, 6.45) is 15.8. The lowest BCUT2D eigenvalue weighted by molar-refractivity contribution is -0.134. The van der Waals surface area contributed by atoms with Crippen LogP contribution in [0.15, 0.2) is 17.3 Å². The molecule has 0 bridgehead atoms. The minimum Gasteiger partial charge on any atom is -0.478 e. The molecule has 1 rings (SSSR count). The van der Waals surface area contributed by atoms with Crippen LogP contribution in [-0.2, 0) is 14.4 Å². The van der Waals surface area contributed by atoms with Gasteiger partial charge in [-0.05, 0) is 45.7 Å². The summed E-state index contributed by atoms with van der Waals surface area (Å²) in [5, 5.41) is 20.1. The van der Waals surface area contributed by atoms with Crippen molar-refractivity contribution in [1.82, 2.24) is 4.90 Å². The fourth-order valence-corrected chi connectivity index (χ4v) is 3.21. The van der Waals surface area contributed by atoms with E-state index in [1.54, 1.807) is 0 Å². The predicted octanol–water partition coefficient (Wildman–Crippen LogP) is 5.06. The normalized spacial score (nSPS) is 17.4. The molecule has 1 unspecified atom stereocenters. The van der Waals surface area contributed by atoms with Gasteiger partial charge in [-0.1, -0.05) is 63.9 Å². The fraction of sp³-hybridized carbons (Fsp3) is 0.773. The Morgan fingerprint density at radius 1 is 0.897 bits per heavy atom. The summed E-state index contributed by atoms with van der Waals surface area (Å²) < 4.78 is 0. The van der Waals surface area contributed by atoms with Crippen molar-refractivity contribution >= 4 is 17.7 Å². The molecule has 0 amide bonds. The van der Waals surface area contributed by atoms with Gasteiger partial charge in [0.15, 0.2) is 6.23 Å². The summed E-state index contributed by atoms with van der Waals surface area (Å²) in [5.74, 6) is -2.51. The van der Waals surface area contributed by atoms with Crippen LogP contribution in [0.5, 0.6) is 0 Å². The van der Waals surface area contributed by atoms with Gasteiger partial charge in [0.05, 0.1) is 5.71 Å². The van der Waals surface area contributed by atoms with Crippen molar-refractivity contribution in [1.29, 1.82) is 0 Å². The van der Waals surface area contributed by atoms with Gasteiger partial charge in [-0.15, -0.1) is 0 Å².